The molecule has 7 heterocycles. The number of aromatic nitrogens is 8. The zero-order chi connectivity index (χ0) is 35.4. The largest absolute Gasteiger partial charge is 0.382 e. The van der Waals surface area contributed by atoms with Gasteiger partial charge in [-0.15, -0.1) is 0 Å². The summed E-state index contributed by atoms with van der Waals surface area (Å²) in [6.07, 6.45) is -7.25. The maximum Gasteiger partial charge on any atom is 0.325 e. The smallest absolute Gasteiger partial charge is 0.325 e. The highest BCUT2D eigenvalue weighted by Gasteiger charge is 2.53. The van der Waals surface area contributed by atoms with Gasteiger partial charge in [-0.25, -0.2) is 38.7 Å². The number of Topliss-reactive ketones (excluding diaryl/α,β-unsaturated/α-hetero) is 1. The Kier molecular flexibility index (Phi) is 10.1. The van der Waals surface area contributed by atoms with Gasteiger partial charge in [-0.3, -0.25) is 23.0 Å². The summed E-state index contributed by atoms with van der Waals surface area (Å²) in [6.45, 7) is -9.47. The number of rotatable bonds is 7. The fourth-order valence-electron chi connectivity index (χ4n) is 5.91. The van der Waals surface area contributed by atoms with E-state index in [1.807, 2.05) is 0 Å². The van der Waals surface area contributed by atoms with E-state index in [9.17, 15) is 14.6 Å². The predicted molar refractivity (Wildman–Crippen MR) is 174 cm³/mol. The molecule has 7 rings (SSSR count). The van der Waals surface area contributed by atoms with Crippen LogP contribution in [0.2, 0.25) is 0 Å². The van der Waals surface area contributed by atoms with E-state index in [1.54, 1.807) is 0 Å². The molecule has 0 bridgehead atoms. The van der Waals surface area contributed by atoms with E-state index >= 15 is 8.78 Å². The first kappa shape index (κ1) is 35.8. The van der Waals surface area contributed by atoms with Crippen LogP contribution >= 0.6 is 13.4 Å². The lowest BCUT2D eigenvalue weighted by atomic mass is 10.1. The summed E-state index contributed by atoms with van der Waals surface area (Å²) >= 11 is 10.4. The van der Waals surface area contributed by atoms with Gasteiger partial charge < -0.3 is 39.8 Å². The highest BCUT2D eigenvalue weighted by atomic mass is 32.5. The Morgan fingerprint density at radius 1 is 0.860 bits per heavy atom. The number of hydrogen-bond acceptors (Lipinski definition) is 17. The zero-order valence-corrected chi connectivity index (χ0v) is 29.0. The summed E-state index contributed by atoms with van der Waals surface area (Å²) in [6, 6.07) is 0. The molecule has 0 aromatic carbocycles. The quantitative estimate of drug-likeness (QED) is 0.190. The first-order valence-corrected chi connectivity index (χ1v) is 20.3. The number of halogens is 2. The highest BCUT2D eigenvalue weighted by Crippen LogP contribution is 2.54. The van der Waals surface area contributed by atoms with Gasteiger partial charge in [0.2, 0.25) is 0 Å². The van der Waals surface area contributed by atoms with Gasteiger partial charge >= 0.3 is 13.4 Å². The van der Waals surface area contributed by atoms with E-state index in [0.717, 1.165) is 0 Å². The van der Waals surface area contributed by atoms with E-state index in [4.69, 9.17) is 62.6 Å². The van der Waals surface area contributed by atoms with Crippen LogP contribution in [0.15, 0.2) is 25.3 Å². The summed E-state index contributed by atoms with van der Waals surface area (Å²) in [5, 5.41) is 0. The molecule has 3 saturated heterocycles. The Bertz CT molecular complexity index is 2010. The average molecular weight is 779 g/mol. The third kappa shape index (κ3) is 6.95. The van der Waals surface area contributed by atoms with Gasteiger partial charge in [0.1, 0.15) is 53.9 Å². The number of fused-ring (bicyclic) bond motifs is 4. The maximum absolute atomic E-state index is 16.3. The number of alkyl halides is 2. The third-order valence-corrected chi connectivity index (χ3v) is 11.4. The van der Waals surface area contributed by atoms with Crippen LogP contribution in [0.3, 0.4) is 0 Å². The third-order valence-electron chi connectivity index (χ3n) is 8.24. The molecule has 3 aliphatic rings. The Labute approximate surface area is 291 Å². The molecule has 6 N–H and O–H groups in total. The molecule has 0 saturated carbocycles. The van der Waals surface area contributed by atoms with Crippen LogP contribution in [-0.4, -0.2) is 111 Å². The molecule has 0 aliphatic carbocycles. The van der Waals surface area contributed by atoms with Gasteiger partial charge in [0.05, 0.1) is 38.0 Å². The Hall–Kier alpha value is -2.63. The van der Waals surface area contributed by atoms with Crippen LogP contribution < -0.4 is 11.5 Å². The first-order chi connectivity index (χ1) is 23.9. The summed E-state index contributed by atoms with van der Waals surface area (Å²) in [4.78, 5) is 59.2. The topological polar surface area (TPSA) is 252 Å². The number of ether oxygens (including phenoxy) is 2. The molecule has 0 radical (unpaired) electrons. The molecular weight excluding hydrogens is 748 g/mol. The molecule has 4 aromatic heterocycles. The standard InChI is InChI=1S/C25H30F2N10O9P2S2/c26-15-19-13(43-24(15)36-9-34-17-12(30-7-32-22(17)36)4-11(38)2-1-3-28)5-41-48(40,50)46-20-14(6-42-47(39,49)45-19)44-25(16(20)27)37-10-35-18-21(29)31-8-33-23(18)37/h7-10,13-16,19-20,24-25H,1-6,28H2,(H,39,49)(H,40,50)(H2,29,31,33)/t13-,14-,15-,16-,19?,20?,24-,25-,47?,48?/m1/s1. The number of carbonyl (C=O) groups excluding carboxylic acids is 1. The molecule has 0 spiro atoms. The number of nitrogens with two attached hydrogens (primary N) is 2. The molecule has 3 fully saturated rings. The molecule has 0 amide bonds. The fraction of sp³-hybridized carbons (Fsp3) is 0.560. The molecular formula is C25H30F2N10O9P2S2. The molecule has 4 unspecified atom stereocenters. The summed E-state index contributed by atoms with van der Waals surface area (Å²) in [5.74, 6) is -0.0557. The fourth-order valence-corrected chi connectivity index (χ4v) is 8.78. The zero-order valence-electron chi connectivity index (χ0n) is 25.6. The molecule has 10 atom stereocenters. The Balaban J connectivity index is 1.13. The second-order valence-electron chi connectivity index (χ2n) is 11.5. The van der Waals surface area contributed by atoms with Crippen LogP contribution in [0.4, 0.5) is 14.6 Å². The van der Waals surface area contributed by atoms with Crippen LogP contribution in [0.5, 0.6) is 0 Å². The molecule has 19 nitrogen and oxygen atoms in total. The van der Waals surface area contributed by atoms with Gasteiger partial charge in [-0.1, -0.05) is 0 Å². The number of hydrogen-bond donors (Lipinski definition) is 4. The predicted octanol–water partition coefficient (Wildman–Crippen LogP) is 0.821. The van der Waals surface area contributed by atoms with Gasteiger partial charge in [-0.05, 0) is 36.6 Å². The monoisotopic (exact) mass is 778 g/mol. The minimum atomic E-state index is -4.29. The Morgan fingerprint density at radius 3 is 1.94 bits per heavy atom. The van der Waals surface area contributed by atoms with Crippen molar-refractivity contribution in [1.29, 1.82) is 0 Å². The van der Waals surface area contributed by atoms with E-state index in [-0.39, 0.29) is 46.8 Å². The number of carbonyl (C=O) groups is 1. The number of nitrogen functional groups attached to an aromatic ring is 1. The van der Waals surface area contributed by atoms with Crippen LogP contribution in [0.1, 0.15) is 31.0 Å². The summed E-state index contributed by atoms with van der Waals surface area (Å²) < 4.78 is 69.0. The van der Waals surface area contributed by atoms with Crippen molar-refractivity contribution in [2.24, 2.45) is 5.73 Å². The summed E-state index contributed by atoms with van der Waals surface area (Å²) in [5.41, 5.74) is 12.4. The minimum absolute atomic E-state index is 0.0389. The SMILES string of the molecule is NCCCC(=O)Cc1ncnc2c1ncn2[C@@H]1O[C@@H]2COP(O)(=S)OC3[C@@H](F)[C@H](n4cnc5c(N)ncnc54)O[C@@H]3COP(O)(=S)OC2[C@H]1F. The van der Waals surface area contributed by atoms with Crippen molar-refractivity contribution in [3.63, 3.8) is 0 Å². The maximum atomic E-state index is 16.3. The number of nitrogens with zero attached hydrogens (tertiary/aromatic N) is 8. The van der Waals surface area contributed by atoms with E-state index in [1.165, 1.54) is 34.4 Å². The van der Waals surface area contributed by atoms with Gasteiger partial charge in [-0.2, -0.15) is 0 Å². The second-order valence-corrected chi connectivity index (χ2v) is 17.1. The van der Waals surface area contributed by atoms with Crippen LogP contribution in [0.25, 0.3) is 22.3 Å². The van der Waals surface area contributed by atoms with Crippen molar-refractivity contribution in [1.82, 2.24) is 39.0 Å². The van der Waals surface area contributed by atoms with Crippen LogP contribution in [-0.2, 0) is 62.4 Å². The van der Waals surface area contributed by atoms with Gasteiger partial charge in [0, 0.05) is 6.42 Å². The lowest BCUT2D eigenvalue weighted by molar-refractivity contribution is -0.118. The normalized spacial score (nSPS) is 35.1. The second kappa shape index (κ2) is 14.1. The average Bonchev–Trinajstić information content (AvgIpc) is 3.83. The van der Waals surface area contributed by atoms with Crippen molar-refractivity contribution >= 4 is 71.0 Å². The van der Waals surface area contributed by atoms with Crippen LogP contribution in [0, 0.1) is 0 Å². The first-order valence-electron chi connectivity index (χ1n) is 15.1. The minimum Gasteiger partial charge on any atom is -0.382 e. The summed E-state index contributed by atoms with van der Waals surface area (Å²) in [7, 11) is 0. The molecule has 270 valence electrons. The van der Waals surface area contributed by atoms with Crippen molar-refractivity contribution in [2.45, 2.75) is 68.5 Å². The van der Waals surface area contributed by atoms with E-state index in [0.29, 0.717) is 18.7 Å². The van der Waals surface area contributed by atoms with E-state index in [2.05, 4.69) is 29.9 Å². The number of imidazole rings is 2. The molecule has 25 heteroatoms. The van der Waals surface area contributed by atoms with Crippen molar-refractivity contribution < 1.29 is 50.9 Å². The van der Waals surface area contributed by atoms with E-state index < -0.39 is 75.9 Å². The van der Waals surface area contributed by atoms with Crippen molar-refractivity contribution in [3.8, 4) is 0 Å². The Morgan fingerprint density at radius 2 is 1.38 bits per heavy atom. The molecule has 4 aromatic rings. The van der Waals surface area contributed by atoms with Crippen molar-refractivity contribution in [2.75, 3.05) is 25.5 Å². The van der Waals surface area contributed by atoms with Gasteiger partial charge in [0.15, 0.2) is 41.9 Å². The molecule has 50 heavy (non-hydrogen) atoms. The highest BCUT2D eigenvalue weighted by molar-refractivity contribution is 8.07. The lowest BCUT2D eigenvalue weighted by Crippen LogP contribution is -2.37. The number of ketones is 1. The number of anilines is 1. The lowest BCUT2D eigenvalue weighted by Gasteiger charge is -2.29. The van der Waals surface area contributed by atoms with Crippen molar-refractivity contribution in [3.05, 3.63) is 31.0 Å². The molecule has 3 aliphatic heterocycles. The van der Waals surface area contributed by atoms with Gasteiger partial charge in [0.25, 0.3) is 0 Å².